The molecule has 2 aromatic rings. The lowest BCUT2D eigenvalue weighted by Gasteiger charge is -2.01. The van der Waals surface area contributed by atoms with Crippen LogP contribution >= 0.6 is 34.9 Å². The van der Waals surface area contributed by atoms with E-state index in [0.29, 0.717) is 0 Å². The monoisotopic (exact) mass is 236 g/mol. The fourth-order valence-corrected chi connectivity index (χ4v) is 1.82. The van der Waals surface area contributed by atoms with Crippen molar-refractivity contribution in [3.8, 4) is 11.5 Å². The molecule has 0 unspecified atom stereocenters. The summed E-state index contributed by atoms with van der Waals surface area (Å²) < 4.78 is 7.52. The second-order valence-corrected chi connectivity index (χ2v) is 3.57. The lowest BCUT2D eigenvalue weighted by atomic mass is 10.2. The van der Waals surface area contributed by atoms with Crippen molar-refractivity contribution >= 4 is 46.0 Å². The predicted octanol–water partition coefficient (Wildman–Crippen LogP) is 2.41. The smallest absolute Gasteiger partial charge is 0.165 e. The first kappa shape index (κ1) is 8.80. The highest BCUT2D eigenvalue weighted by Gasteiger charge is 2.18. The van der Waals surface area contributed by atoms with Crippen LogP contribution in [0.2, 0.25) is 10.0 Å². The normalized spacial score (nSPS) is 10.9. The highest BCUT2D eigenvalue weighted by molar-refractivity contribution is 7.00. The van der Waals surface area contributed by atoms with Gasteiger partial charge >= 0.3 is 0 Å². The van der Waals surface area contributed by atoms with Crippen LogP contribution in [0.15, 0.2) is 0 Å². The maximum absolute atomic E-state index is 9.43. The van der Waals surface area contributed by atoms with Gasteiger partial charge in [-0.05, 0) is 0 Å². The molecule has 0 saturated heterocycles. The number of nitrogens with zero attached hydrogens (tertiary/aromatic N) is 2. The molecule has 1 aromatic heterocycles. The number of hydrogen-bond donors (Lipinski definition) is 2. The van der Waals surface area contributed by atoms with Crippen molar-refractivity contribution in [3.63, 3.8) is 0 Å². The Morgan fingerprint density at radius 1 is 0.923 bits per heavy atom. The van der Waals surface area contributed by atoms with E-state index in [1.165, 1.54) is 0 Å². The van der Waals surface area contributed by atoms with Crippen LogP contribution in [0, 0.1) is 0 Å². The Morgan fingerprint density at radius 3 is 1.69 bits per heavy atom. The second-order valence-electron chi connectivity index (χ2n) is 2.29. The molecule has 1 heterocycles. The van der Waals surface area contributed by atoms with E-state index in [4.69, 9.17) is 23.2 Å². The summed E-state index contributed by atoms with van der Waals surface area (Å²) in [5, 5.41) is 18.6. The largest absolute Gasteiger partial charge is 0.504 e. The molecule has 0 fully saturated rings. The number of hydrogen-bond acceptors (Lipinski definition) is 5. The standard InChI is InChI=1S/C6H2Cl2N2O2S/c7-1-2(8)6(12)4-3(5(1)11)9-13-10-4/h11-12H. The molecule has 0 aliphatic carbocycles. The SMILES string of the molecule is Oc1c(Cl)c(Cl)c(O)c2nsnc12. The van der Waals surface area contributed by atoms with E-state index in [2.05, 4.69) is 8.75 Å². The van der Waals surface area contributed by atoms with E-state index in [1.54, 1.807) is 0 Å². The van der Waals surface area contributed by atoms with Gasteiger partial charge in [-0.15, -0.1) is 0 Å². The molecule has 4 nitrogen and oxygen atoms in total. The quantitative estimate of drug-likeness (QED) is 0.690. The molecule has 0 aliphatic heterocycles. The minimum absolute atomic E-state index is 0.112. The van der Waals surface area contributed by atoms with Gasteiger partial charge in [0.2, 0.25) is 0 Å². The summed E-state index contributed by atoms with van der Waals surface area (Å²) in [5.41, 5.74) is 0.328. The van der Waals surface area contributed by atoms with Gasteiger partial charge in [0.15, 0.2) is 22.5 Å². The molecule has 7 heteroatoms. The van der Waals surface area contributed by atoms with Crippen LogP contribution in [0.4, 0.5) is 0 Å². The zero-order valence-electron chi connectivity index (χ0n) is 5.95. The average molecular weight is 237 g/mol. The molecule has 0 atom stereocenters. The Kier molecular flexibility index (Phi) is 1.94. The Morgan fingerprint density at radius 2 is 1.31 bits per heavy atom. The minimum Gasteiger partial charge on any atom is -0.504 e. The maximum Gasteiger partial charge on any atom is 0.165 e. The molecule has 1 aromatic carbocycles. The summed E-state index contributed by atoms with van der Waals surface area (Å²) in [5.74, 6) is -0.513. The third-order valence-corrected chi connectivity index (χ3v) is 2.91. The van der Waals surface area contributed by atoms with Crippen molar-refractivity contribution < 1.29 is 10.2 Å². The van der Waals surface area contributed by atoms with E-state index in [1.807, 2.05) is 0 Å². The fourth-order valence-electron chi connectivity index (χ4n) is 0.915. The first-order valence-corrected chi connectivity index (χ1v) is 4.62. The lowest BCUT2D eigenvalue weighted by Crippen LogP contribution is -1.78. The van der Waals surface area contributed by atoms with E-state index in [-0.39, 0.29) is 32.6 Å². The summed E-state index contributed by atoms with van der Waals surface area (Å²) in [6, 6.07) is 0. The van der Waals surface area contributed by atoms with Gasteiger partial charge in [-0.2, -0.15) is 8.75 Å². The van der Waals surface area contributed by atoms with Gasteiger partial charge in [-0.3, -0.25) is 0 Å². The Labute approximate surface area is 86.7 Å². The maximum atomic E-state index is 9.43. The number of halogens is 2. The molecular weight excluding hydrogens is 235 g/mol. The molecule has 0 bridgehead atoms. The first-order valence-electron chi connectivity index (χ1n) is 3.14. The summed E-state index contributed by atoms with van der Waals surface area (Å²) in [6.45, 7) is 0. The minimum atomic E-state index is -0.256. The zero-order chi connectivity index (χ0) is 9.59. The number of aromatic hydroxyl groups is 2. The number of phenolic OH excluding ortho intramolecular Hbond substituents is 2. The van der Waals surface area contributed by atoms with Crippen molar-refractivity contribution in [3.05, 3.63) is 10.0 Å². The van der Waals surface area contributed by atoms with E-state index in [0.717, 1.165) is 11.7 Å². The van der Waals surface area contributed by atoms with Crippen LogP contribution < -0.4 is 0 Å². The second kappa shape index (κ2) is 2.87. The van der Waals surface area contributed by atoms with Gasteiger partial charge in [-0.25, -0.2) is 0 Å². The van der Waals surface area contributed by atoms with Crippen LogP contribution in [0.25, 0.3) is 11.0 Å². The van der Waals surface area contributed by atoms with Crippen molar-refractivity contribution in [2.75, 3.05) is 0 Å². The summed E-state index contributed by atoms with van der Waals surface area (Å²) in [4.78, 5) is 0. The van der Waals surface area contributed by atoms with E-state index < -0.39 is 0 Å². The summed E-state index contributed by atoms with van der Waals surface area (Å²) in [6.07, 6.45) is 0. The topological polar surface area (TPSA) is 66.2 Å². The molecule has 0 radical (unpaired) electrons. The van der Waals surface area contributed by atoms with Crippen LogP contribution in [0.1, 0.15) is 0 Å². The van der Waals surface area contributed by atoms with Gasteiger partial charge in [0.05, 0.1) is 11.7 Å². The van der Waals surface area contributed by atoms with Gasteiger partial charge in [0.1, 0.15) is 10.0 Å². The van der Waals surface area contributed by atoms with Gasteiger partial charge < -0.3 is 10.2 Å². The van der Waals surface area contributed by atoms with Crippen molar-refractivity contribution in [1.29, 1.82) is 0 Å². The van der Waals surface area contributed by atoms with Crippen molar-refractivity contribution in [2.24, 2.45) is 0 Å². The molecule has 0 amide bonds. The summed E-state index contributed by atoms with van der Waals surface area (Å²) in [7, 11) is 0. The van der Waals surface area contributed by atoms with Crippen LogP contribution in [0.5, 0.6) is 11.5 Å². The third-order valence-electron chi connectivity index (χ3n) is 1.55. The molecule has 2 rings (SSSR count). The number of fused-ring (bicyclic) bond motifs is 1. The van der Waals surface area contributed by atoms with Gasteiger partial charge in [-0.1, -0.05) is 23.2 Å². The molecule has 2 N–H and O–H groups in total. The molecule has 0 aliphatic rings. The van der Waals surface area contributed by atoms with Crippen molar-refractivity contribution in [2.45, 2.75) is 0 Å². The molecule has 13 heavy (non-hydrogen) atoms. The predicted molar refractivity (Wildman–Crippen MR) is 50.8 cm³/mol. The summed E-state index contributed by atoms with van der Waals surface area (Å²) >= 11 is 12.1. The Balaban J connectivity index is 3.02. The highest BCUT2D eigenvalue weighted by atomic mass is 35.5. The van der Waals surface area contributed by atoms with Crippen LogP contribution in [-0.4, -0.2) is 19.0 Å². The molecule has 68 valence electrons. The molecular formula is C6H2Cl2N2O2S. The first-order chi connectivity index (χ1) is 6.13. The number of aromatic nitrogens is 2. The molecule has 0 saturated carbocycles. The van der Waals surface area contributed by atoms with Gasteiger partial charge in [0.25, 0.3) is 0 Å². The van der Waals surface area contributed by atoms with Crippen molar-refractivity contribution in [1.82, 2.24) is 8.75 Å². The lowest BCUT2D eigenvalue weighted by molar-refractivity contribution is 0.469. The number of rotatable bonds is 0. The number of benzene rings is 1. The third kappa shape index (κ3) is 1.12. The van der Waals surface area contributed by atoms with Gasteiger partial charge in [0, 0.05) is 0 Å². The van der Waals surface area contributed by atoms with Crippen LogP contribution in [-0.2, 0) is 0 Å². The zero-order valence-corrected chi connectivity index (χ0v) is 8.28. The Hall–Kier alpha value is -0.780. The number of phenols is 2. The molecule has 0 spiro atoms. The van der Waals surface area contributed by atoms with E-state index in [9.17, 15) is 10.2 Å². The fraction of sp³-hybridized carbons (Fsp3) is 0. The highest BCUT2D eigenvalue weighted by Crippen LogP contribution is 2.44. The Bertz CT molecular complexity index is 443. The average Bonchev–Trinajstić information content (AvgIpc) is 2.59. The van der Waals surface area contributed by atoms with E-state index >= 15 is 0 Å². The van der Waals surface area contributed by atoms with Crippen LogP contribution in [0.3, 0.4) is 0 Å².